The number of aromatic nitrogens is 3. The van der Waals surface area contributed by atoms with Gasteiger partial charge in [0.05, 0.1) is 23.7 Å². The Labute approximate surface area is 149 Å². The third kappa shape index (κ3) is 2.63. The van der Waals surface area contributed by atoms with Gasteiger partial charge in [-0.05, 0) is 25.5 Å². The molecule has 0 saturated carbocycles. The molecule has 1 aliphatic rings. The van der Waals surface area contributed by atoms with Crippen molar-refractivity contribution in [3.8, 4) is 0 Å². The van der Waals surface area contributed by atoms with Crippen molar-refractivity contribution in [1.82, 2.24) is 14.1 Å². The van der Waals surface area contributed by atoms with E-state index in [0.717, 1.165) is 4.57 Å². The van der Waals surface area contributed by atoms with Gasteiger partial charge >= 0.3 is 11.7 Å². The molecule has 8 nitrogen and oxygen atoms in total. The molecule has 2 aromatic rings. The number of rotatable bonds is 3. The van der Waals surface area contributed by atoms with E-state index in [0.29, 0.717) is 28.2 Å². The molecular weight excluding hydrogens is 336 g/mol. The highest BCUT2D eigenvalue weighted by atomic mass is 16.5. The number of carbonyl (C=O) groups is 1. The first-order chi connectivity index (χ1) is 12.4. The van der Waals surface area contributed by atoms with Crippen molar-refractivity contribution in [2.75, 3.05) is 11.9 Å². The third-order valence-corrected chi connectivity index (χ3v) is 4.50. The van der Waals surface area contributed by atoms with Crippen LogP contribution in [0.15, 0.2) is 45.4 Å². The summed E-state index contributed by atoms with van der Waals surface area (Å²) in [5.74, 6) is -0.810. The lowest BCUT2D eigenvalue weighted by Gasteiger charge is -2.30. The molecule has 0 spiro atoms. The van der Waals surface area contributed by atoms with Crippen molar-refractivity contribution in [3.63, 3.8) is 0 Å². The number of fused-ring (bicyclic) bond motifs is 1. The number of nitrogens with one attached hydrogen (secondary N) is 1. The van der Waals surface area contributed by atoms with Gasteiger partial charge in [-0.2, -0.15) is 0 Å². The summed E-state index contributed by atoms with van der Waals surface area (Å²) in [5, 5.41) is 3.03. The number of anilines is 1. The molecule has 0 saturated heterocycles. The van der Waals surface area contributed by atoms with E-state index in [1.54, 1.807) is 45.4 Å². The molecule has 0 bridgehead atoms. The van der Waals surface area contributed by atoms with Crippen LogP contribution in [-0.2, 0) is 23.6 Å². The molecule has 136 valence electrons. The number of pyridine rings is 1. The monoisotopic (exact) mass is 356 g/mol. The number of allylic oxidation sites excluding steroid dienone is 1. The van der Waals surface area contributed by atoms with Crippen LogP contribution in [0.2, 0.25) is 0 Å². The summed E-state index contributed by atoms with van der Waals surface area (Å²) in [4.78, 5) is 42.0. The lowest BCUT2D eigenvalue weighted by atomic mass is 9.83. The van der Waals surface area contributed by atoms with Gasteiger partial charge in [0, 0.05) is 32.2 Å². The van der Waals surface area contributed by atoms with Crippen molar-refractivity contribution < 1.29 is 9.53 Å². The zero-order chi connectivity index (χ0) is 19.0. The number of ether oxygens (including phenoxy) is 1. The molecule has 2 aromatic heterocycles. The fourth-order valence-electron chi connectivity index (χ4n) is 3.25. The van der Waals surface area contributed by atoms with Gasteiger partial charge in [0.2, 0.25) is 0 Å². The number of hydrogen-bond donors (Lipinski definition) is 1. The highest BCUT2D eigenvalue weighted by Crippen LogP contribution is 2.39. The summed E-state index contributed by atoms with van der Waals surface area (Å²) in [6, 6.07) is 3.53. The summed E-state index contributed by atoms with van der Waals surface area (Å²) >= 11 is 0. The molecule has 3 rings (SSSR count). The van der Waals surface area contributed by atoms with E-state index in [2.05, 4.69) is 10.3 Å². The average molecular weight is 356 g/mol. The Balaban J connectivity index is 2.38. The van der Waals surface area contributed by atoms with Gasteiger partial charge in [-0.1, -0.05) is 6.07 Å². The van der Waals surface area contributed by atoms with E-state index >= 15 is 0 Å². The Bertz CT molecular complexity index is 1020. The van der Waals surface area contributed by atoms with E-state index in [4.69, 9.17) is 4.74 Å². The standard InChI is InChI=1S/C18H20N4O4/c1-5-26-17(24)12-10(2)20-15-14(13(12)11-7-6-8-19-9-11)16(23)22(4)18(25)21(15)3/h6-9,13,20H,5H2,1-4H3/t13-/m0/s1. The molecule has 0 aliphatic carbocycles. The summed E-state index contributed by atoms with van der Waals surface area (Å²) in [7, 11) is 3.00. The largest absolute Gasteiger partial charge is 0.463 e. The highest BCUT2D eigenvalue weighted by Gasteiger charge is 2.37. The van der Waals surface area contributed by atoms with Crippen LogP contribution in [0, 0.1) is 0 Å². The molecule has 0 unspecified atom stereocenters. The van der Waals surface area contributed by atoms with Crippen molar-refractivity contribution in [2.24, 2.45) is 14.1 Å². The topological polar surface area (TPSA) is 95.2 Å². The van der Waals surface area contributed by atoms with E-state index in [1.165, 1.54) is 11.6 Å². The first-order valence-corrected chi connectivity index (χ1v) is 8.23. The van der Waals surface area contributed by atoms with Gasteiger partial charge in [-0.3, -0.25) is 18.9 Å². The molecule has 26 heavy (non-hydrogen) atoms. The van der Waals surface area contributed by atoms with Crippen molar-refractivity contribution in [3.05, 3.63) is 67.8 Å². The maximum absolute atomic E-state index is 12.9. The van der Waals surface area contributed by atoms with E-state index in [1.807, 2.05) is 0 Å². The normalized spacial score (nSPS) is 16.1. The molecule has 1 aliphatic heterocycles. The van der Waals surface area contributed by atoms with Crippen molar-refractivity contribution in [2.45, 2.75) is 19.8 Å². The van der Waals surface area contributed by atoms with Crippen LogP contribution in [-0.4, -0.2) is 26.7 Å². The van der Waals surface area contributed by atoms with Gasteiger partial charge < -0.3 is 10.1 Å². The number of nitrogens with zero attached hydrogens (tertiary/aromatic N) is 3. The first-order valence-electron chi connectivity index (χ1n) is 8.23. The molecular formula is C18H20N4O4. The molecule has 0 radical (unpaired) electrons. The number of esters is 1. The Hall–Kier alpha value is -3.16. The predicted octanol–water partition coefficient (Wildman–Crippen LogP) is 0.873. The fourth-order valence-corrected chi connectivity index (χ4v) is 3.25. The van der Waals surface area contributed by atoms with Gasteiger partial charge in [-0.15, -0.1) is 0 Å². The molecule has 3 heterocycles. The van der Waals surface area contributed by atoms with Crippen LogP contribution in [0.3, 0.4) is 0 Å². The van der Waals surface area contributed by atoms with E-state index in [9.17, 15) is 14.4 Å². The van der Waals surface area contributed by atoms with Crippen LogP contribution >= 0.6 is 0 Å². The Morgan fingerprint density at radius 1 is 1.31 bits per heavy atom. The lowest BCUT2D eigenvalue weighted by molar-refractivity contribution is -0.138. The minimum Gasteiger partial charge on any atom is -0.463 e. The van der Waals surface area contributed by atoms with Gasteiger partial charge in [0.25, 0.3) is 5.56 Å². The van der Waals surface area contributed by atoms with E-state index in [-0.39, 0.29) is 6.61 Å². The molecule has 1 N–H and O–H groups in total. The second-order valence-electron chi connectivity index (χ2n) is 6.07. The maximum Gasteiger partial charge on any atom is 0.336 e. The molecule has 0 fully saturated rings. The zero-order valence-electron chi connectivity index (χ0n) is 15.1. The van der Waals surface area contributed by atoms with Crippen LogP contribution in [0.5, 0.6) is 0 Å². The van der Waals surface area contributed by atoms with Gasteiger partial charge in [-0.25, -0.2) is 9.59 Å². The fraction of sp³-hybridized carbons (Fsp3) is 0.333. The molecule has 8 heteroatoms. The maximum atomic E-state index is 12.9. The van der Waals surface area contributed by atoms with Crippen LogP contribution in [0.25, 0.3) is 0 Å². The first kappa shape index (κ1) is 17.7. The number of hydrogen-bond acceptors (Lipinski definition) is 6. The zero-order valence-corrected chi connectivity index (χ0v) is 15.1. The molecule has 0 aromatic carbocycles. The minimum absolute atomic E-state index is 0.216. The predicted molar refractivity (Wildman–Crippen MR) is 96.0 cm³/mol. The number of carbonyl (C=O) groups excluding carboxylic acids is 1. The Morgan fingerprint density at radius 3 is 2.65 bits per heavy atom. The Kier molecular flexibility index (Phi) is 4.50. The van der Waals surface area contributed by atoms with Crippen LogP contribution in [0.4, 0.5) is 5.82 Å². The third-order valence-electron chi connectivity index (χ3n) is 4.50. The Morgan fingerprint density at radius 2 is 2.04 bits per heavy atom. The summed E-state index contributed by atoms with van der Waals surface area (Å²) in [5.41, 5.74) is 0.957. The van der Waals surface area contributed by atoms with Crippen LogP contribution in [0.1, 0.15) is 30.9 Å². The second kappa shape index (κ2) is 6.62. The average Bonchev–Trinajstić information content (AvgIpc) is 2.64. The SMILES string of the molecule is CCOC(=O)C1=C(C)Nc2c(c(=O)n(C)c(=O)n2C)[C@H]1c1cccnc1. The van der Waals surface area contributed by atoms with Gasteiger partial charge in [0.1, 0.15) is 5.82 Å². The summed E-state index contributed by atoms with van der Waals surface area (Å²) < 4.78 is 7.61. The summed E-state index contributed by atoms with van der Waals surface area (Å²) in [6.07, 6.45) is 3.22. The smallest absolute Gasteiger partial charge is 0.336 e. The summed E-state index contributed by atoms with van der Waals surface area (Å²) in [6.45, 7) is 3.66. The van der Waals surface area contributed by atoms with E-state index < -0.39 is 23.1 Å². The highest BCUT2D eigenvalue weighted by molar-refractivity contribution is 5.94. The van der Waals surface area contributed by atoms with Gasteiger partial charge in [0.15, 0.2) is 0 Å². The molecule has 0 amide bonds. The quantitative estimate of drug-likeness (QED) is 0.820. The van der Waals surface area contributed by atoms with Crippen molar-refractivity contribution >= 4 is 11.8 Å². The second-order valence-corrected chi connectivity index (χ2v) is 6.07. The minimum atomic E-state index is -0.676. The van der Waals surface area contributed by atoms with Crippen molar-refractivity contribution in [1.29, 1.82) is 0 Å². The lowest BCUT2D eigenvalue weighted by Crippen LogP contribution is -2.43. The van der Waals surface area contributed by atoms with Crippen LogP contribution < -0.4 is 16.6 Å². The molecule has 1 atom stereocenters.